The highest BCUT2D eigenvalue weighted by Crippen LogP contribution is 2.47. The molecule has 15 heavy (non-hydrogen) atoms. The molecule has 2 N–H and O–H groups in total. The summed E-state index contributed by atoms with van der Waals surface area (Å²) in [6, 6.07) is 8.30. The van der Waals surface area contributed by atoms with Crippen LogP contribution < -0.4 is 10.5 Å². The second-order valence-corrected chi connectivity index (χ2v) is 4.23. The van der Waals surface area contributed by atoms with Crippen molar-refractivity contribution in [2.45, 2.75) is 19.3 Å². The molecule has 0 bridgehead atoms. The van der Waals surface area contributed by atoms with E-state index in [2.05, 4.69) is 12.1 Å². The third-order valence-electron chi connectivity index (χ3n) is 3.13. The van der Waals surface area contributed by atoms with Crippen LogP contribution in [0.15, 0.2) is 24.3 Å². The molecule has 1 aliphatic rings. The van der Waals surface area contributed by atoms with Crippen molar-refractivity contribution in [1.29, 1.82) is 0 Å². The first-order chi connectivity index (χ1) is 6.78. The van der Waals surface area contributed by atoms with E-state index in [9.17, 15) is 0 Å². The van der Waals surface area contributed by atoms with Crippen molar-refractivity contribution in [2.75, 3.05) is 13.7 Å². The molecule has 3 heteroatoms. The number of hydrogen-bond donors (Lipinski definition) is 1. The minimum atomic E-state index is 0. The Morgan fingerprint density at radius 1 is 1.27 bits per heavy atom. The van der Waals surface area contributed by atoms with E-state index in [1.165, 1.54) is 18.4 Å². The number of halogens is 1. The number of rotatable bonds is 4. The van der Waals surface area contributed by atoms with Crippen LogP contribution in [0, 0.1) is 5.41 Å². The van der Waals surface area contributed by atoms with Gasteiger partial charge in [0, 0.05) is 0 Å². The summed E-state index contributed by atoms with van der Waals surface area (Å²) in [7, 11) is 1.69. The van der Waals surface area contributed by atoms with Gasteiger partial charge in [-0.25, -0.2) is 0 Å². The zero-order chi connectivity index (χ0) is 10.0. The molecular formula is C12H18ClNO. The number of hydrogen-bond acceptors (Lipinski definition) is 2. The lowest BCUT2D eigenvalue weighted by molar-refractivity contribution is 0.414. The lowest BCUT2D eigenvalue weighted by Crippen LogP contribution is -2.17. The van der Waals surface area contributed by atoms with E-state index in [-0.39, 0.29) is 12.4 Å². The Bertz CT molecular complexity index is 306. The zero-order valence-corrected chi connectivity index (χ0v) is 9.85. The molecule has 2 rings (SSSR count). The van der Waals surface area contributed by atoms with Crippen LogP contribution in [0.2, 0.25) is 0 Å². The molecule has 1 aromatic rings. The van der Waals surface area contributed by atoms with Crippen LogP contribution in [0.1, 0.15) is 18.4 Å². The Balaban J connectivity index is 0.00000112. The molecule has 0 heterocycles. The van der Waals surface area contributed by atoms with Gasteiger partial charge in [0.2, 0.25) is 0 Å². The highest BCUT2D eigenvalue weighted by molar-refractivity contribution is 5.85. The van der Waals surface area contributed by atoms with Gasteiger partial charge in [-0.1, -0.05) is 12.1 Å². The summed E-state index contributed by atoms with van der Waals surface area (Å²) >= 11 is 0. The summed E-state index contributed by atoms with van der Waals surface area (Å²) in [4.78, 5) is 0. The fourth-order valence-corrected chi connectivity index (χ4v) is 1.81. The first kappa shape index (κ1) is 12.3. The van der Waals surface area contributed by atoms with Crippen LogP contribution in [-0.4, -0.2) is 13.7 Å². The lowest BCUT2D eigenvalue weighted by Gasteiger charge is -2.12. The van der Waals surface area contributed by atoms with Crippen molar-refractivity contribution in [3.8, 4) is 5.75 Å². The molecule has 0 radical (unpaired) electrons. The van der Waals surface area contributed by atoms with Crippen molar-refractivity contribution >= 4 is 12.4 Å². The average molecular weight is 228 g/mol. The van der Waals surface area contributed by atoms with E-state index in [4.69, 9.17) is 10.5 Å². The molecular weight excluding hydrogens is 210 g/mol. The zero-order valence-electron chi connectivity index (χ0n) is 9.03. The maximum Gasteiger partial charge on any atom is 0.118 e. The van der Waals surface area contributed by atoms with Gasteiger partial charge in [0.15, 0.2) is 0 Å². The summed E-state index contributed by atoms with van der Waals surface area (Å²) in [6.45, 7) is 0.818. The molecule has 1 aromatic carbocycles. The SMILES string of the molecule is COc1ccc(CC2(CN)CC2)cc1.Cl. The van der Waals surface area contributed by atoms with Crippen molar-refractivity contribution < 1.29 is 4.74 Å². The largest absolute Gasteiger partial charge is 0.497 e. The highest BCUT2D eigenvalue weighted by Gasteiger charge is 2.40. The van der Waals surface area contributed by atoms with Gasteiger partial charge in [-0.2, -0.15) is 0 Å². The van der Waals surface area contributed by atoms with Crippen molar-refractivity contribution in [1.82, 2.24) is 0 Å². The predicted molar refractivity (Wildman–Crippen MR) is 64.7 cm³/mol. The van der Waals surface area contributed by atoms with Gasteiger partial charge in [0.25, 0.3) is 0 Å². The minimum Gasteiger partial charge on any atom is -0.497 e. The normalized spacial score (nSPS) is 16.7. The summed E-state index contributed by atoms with van der Waals surface area (Å²) in [6.07, 6.45) is 3.69. The van der Waals surface area contributed by atoms with E-state index in [0.717, 1.165) is 18.7 Å². The van der Waals surface area contributed by atoms with Crippen LogP contribution >= 0.6 is 12.4 Å². The number of ether oxygens (including phenoxy) is 1. The number of methoxy groups -OCH3 is 1. The average Bonchev–Trinajstić information content (AvgIpc) is 3.00. The predicted octanol–water partition coefficient (Wildman–Crippen LogP) is 2.40. The highest BCUT2D eigenvalue weighted by atomic mass is 35.5. The lowest BCUT2D eigenvalue weighted by atomic mass is 9.97. The first-order valence-electron chi connectivity index (χ1n) is 5.11. The fourth-order valence-electron chi connectivity index (χ4n) is 1.81. The third-order valence-corrected chi connectivity index (χ3v) is 3.13. The maximum absolute atomic E-state index is 5.75. The smallest absolute Gasteiger partial charge is 0.118 e. The van der Waals surface area contributed by atoms with Crippen LogP contribution in [0.25, 0.3) is 0 Å². The van der Waals surface area contributed by atoms with Gasteiger partial charge in [-0.05, 0) is 48.9 Å². The monoisotopic (exact) mass is 227 g/mol. The Labute approximate surface area is 97.2 Å². The number of nitrogens with two attached hydrogens (primary N) is 1. The molecule has 0 spiro atoms. The Morgan fingerprint density at radius 3 is 2.27 bits per heavy atom. The molecule has 0 amide bonds. The second-order valence-electron chi connectivity index (χ2n) is 4.23. The van der Waals surface area contributed by atoms with E-state index in [0.29, 0.717) is 5.41 Å². The molecule has 2 nitrogen and oxygen atoms in total. The van der Waals surface area contributed by atoms with Crippen LogP contribution in [0.5, 0.6) is 5.75 Å². The standard InChI is InChI=1S/C12H17NO.ClH/c1-14-11-4-2-10(3-5-11)8-12(9-13)6-7-12;/h2-5H,6-9,13H2,1H3;1H. The topological polar surface area (TPSA) is 35.2 Å². The molecule has 1 saturated carbocycles. The van der Waals surface area contributed by atoms with E-state index >= 15 is 0 Å². The molecule has 0 saturated heterocycles. The van der Waals surface area contributed by atoms with Gasteiger partial charge in [-0.3, -0.25) is 0 Å². The molecule has 1 aliphatic carbocycles. The third kappa shape index (κ3) is 2.86. The van der Waals surface area contributed by atoms with Crippen molar-refractivity contribution in [3.63, 3.8) is 0 Å². The second kappa shape index (κ2) is 4.86. The molecule has 0 aromatic heterocycles. The van der Waals surface area contributed by atoms with Gasteiger partial charge in [0.05, 0.1) is 7.11 Å². The maximum atomic E-state index is 5.75. The van der Waals surface area contributed by atoms with Gasteiger partial charge >= 0.3 is 0 Å². The Morgan fingerprint density at radius 2 is 1.87 bits per heavy atom. The molecule has 0 aliphatic heterocycles. The Hall–Kier alpha value is -0.730. The number of benzene rings is 1. The fraction of sp³-hybridized carbons (Fsp3) is 0.500. The summed E-state index contributed by atoms with van der Waals surface area (Å²) in [5, 5.41) is 0. The van der Waals surface area contributed by atoms with E-state index in [1.807, 2.05) is 12.1 Å². The molecule has 84 valence electrons. The van der Waals surface area contributed by atoms with Crippen molar-refractivity contribution in [2.24, 2.45) is 11.1 Å². The van der Waals surface area contributed by atoms with Crippen LogP contribution in [0.3, 0.4) is 0 Å². The summed E-state index contributed by atoms with van der Waals surface area (Å²) < 4.78 is 5.12. The van der Waals surface area contributed by atoms with E-state index in [1.54, 1.807) is 7.11 Å². The minimum absolute atomic E-state index is 0. The van der Waals surface area contributed by atoms with Crippen LogP contribution in [-0.2, 0) is 6.42 Å². The molecule has 1 fully saturated rings. The Kier molecular flexibility index (Phi) is 4.00. The molecule has 0 unspecified atom stereocenters. The summed E-state index contributed by atoms with van der Waals surface area (Å²) in [5.41, 5.74) is 7.54. The van der Waals surface area contributed by atoms with Gasteiger partial charge < -0.3 is 10.5 Å². The van der Waals surface area contributed by atoms with E-state index < -0.39 is 0 Å². The first-order valence-corrected chi connectivity index (χ1v) is 5.11. The van der Waals surface area contributed by atoms with Gasteiger partial charge in [0.1, 0.15) is 5.75 Å². The van der Waals surface area contributed by atoms with Gasteiger partial charge in [-0.15, -0.1) is 12.4 Å². The van der Waals surface area contributed by atoms with Crippen LogP contribution in [0.4, 0.5) is 0 Å². The summed E-state index contributed by atoms with van der Waals surface area (Å²) in [5.74, 6) is 0.923. The van der Waals surface area contributed by atoms with Crippen molar-refractivity contribution in [3.05, 3.63) is 29.8 Å². The molecule has 0 atom stereocenters. The quantitative estimate of drug-likeness (QED) is 0.858.